The van der Waals surface area contributed by atoms with Crippen LogP contribution in [0.1, 0.15) is 35.4 Å². The van der Waals surface area contributed by atoms with Gasteiger partial charge in [-0.3, -0.25) is 4.79 Å². The Morgan fingerprint density at radius 3 is 2.70 bits per heavy atom. The molecule has 0 aliphatic heterocycles. The number of aryl methyl sites for hydroxylation is 1. The maximum absolute atomic E-state index is 11.9. The molecule has 0 saturated heterocycles. The van der Waals surface area contributed by atoms with Crippen molar-refractivity contribution >= 4 is 5.91 Å². The van der Waals surface area contributed by atoms with Crippen LogP contribution in [0.15, 0.2) is 28.8 Å². The summed E-state index contributed by atoms with van der Waals surface area (Å²) in [4.78, 5) is 16.1. The van der Waals surface area contributed by atoms with E-state index in [4.69, 9.17) is 9.26 Å². The number of carbonyl (C=O) groups excluding carboxylic acids is 1. The fourth-order valence-electron chi connectivity index (χ4n) is 1.91. The van der Waals surface area contributed by atoms with E-state index < -0.39 is 0 Å². The van der Waals surface area contributed by atoms with E-state index in [1.54, 1.807) is 24.3 Å². The van der Waals surface area contributed by atoms with E-state index >= 15 is 0 Å². The van der Waals surface area contributed by atoms with Gasteiger partial charge in [0.25, 0.3) is 5.91 Å². The van der Waals surface area contributed by atoms with Gasteiger partial charge in [0.15, 0.2) is 6.61 Å². The van der Waals surface area contributed by atoms with Crippen LogP contribution < -0.4 is 15.4 Å². The molecule has 1 amide bonds. The zero-order valence-corrected chi connectivity index (χ0v) is 13.5. The van der Waals surface area contributed by atoms with E-state index in [9.17, 15) is 4.79 Å². The third-order valence-corrected chi connectivity index (χ3v) is 3.19. The molecule has 2 rings (SSSR count). The number of rotatable bonds is 9. The molecule has 7 nitrogen and oxygen atoms in total. The summed E-state index contributed by atoms with van der Waals surface area (Å²) < 4.78 is 10.6. The molecule has 1 heterocycles. The lowest BCUT2D eigenvalue weighted by atomic mass is 10.2. The summed E-state index contributed by atoms with van der Waals surface area (Å²) in [7, 11) is 1.89. The highest BCUT2D eigenvalue weighted by Gasteiger charge is 2.07. The molecule has 23 heavy (non-hydrogen) atoms. The van der Waals surface area contributed by atoms with Gasteiger partial charge in [0, 0.05) is 18.5 Å². The molecule has 0 unspecified atom stereocenters. The number of hydrogen-bond acceptors (Lipinski definition) is 6. The summed E-state index contributed by atoms with van der Waals surface area (Å²) in [6.45, 7) is 3.71. The van der Waals surface area contributed by atoms with Crippen LogP contribution in [0.3, 0.4) is 0 Å². The average Bonchev–Trinajstić information content (AvgIpc) is 3.05. The Kier molecular flexibility index (Phi) is 6.56. The molecular weight excluding hydrogens is 296 g/mol. The van der Waals surface area contributed by atoms with Gasteiger partial charge in [-0.15, -0.1) is 0 Å². The molecule has 2 aromatic rings. The first-order valence-electron chi connectivity index (χ1n) is 7.70. The first kappa shape index (κ1) is 17.0. The fourth-order valence-corrected chi connectivity index (χ4v) is 1.91. The second-order valence-corrected chi connectivity index (χ2v) is 4.98. The number of ether oxygens (including phenoxy) is 1. The Labute approximate surface area is 135 Å². The highest BCUT2D eigenvalue weighted by atomic mass is 16.5. The third kappa shape index (κ3) is 5.37. The van der Waals surface area contributed by atoms with Crippen molar-refractivity contribution in [3.63, 3.8) is 0 Å². The lowest BCUT2D eigenvalue weighted by molar-refractivity contribution is 0.0953. The number of hydrogen-bond donors (Lipinski definition) is 2. The quantitative estimate of drug-likeness (QED) is 0.682. The van der Waals surface area contributed by atoms with E-state index in [2.05, 4.69) is 20.8 Å². The largest absolute Gasteiger partial charge is 0.485 e. The van der Waals surface area contributed by atoms with E-state index in [1.807, 2.05) is 14.0 Å². The molecule has 0 bridgehead atoms. The Morgan fingerprint density at radius 2 is 2.04 bits per heavy atom. The summed E-state index contributed by atoms with van der Waals surface area (Å²) in [5.74, 6) is 1.67. The maximum Gasteiger partial charge on any atom is 0.251 e. The Bertz CT molecular complexity index is 610. The lowest BCUT2D eigenvalue weighted by Crippen LogP contribution is -2.26. The minimum Gasteiger partial charge on any atom is -0.485 e. The summed E-state index contributed by atoms with van der Waals surface area (Å²) in [5, 5.41) is 9.72. The SMILES string of the molecule is CCc1nc(COc2ccc(C(=O)NCCCNC)cc2)no1. The summed E-state index contributed by atoms with van der Waals surface area (Å²) in [5.41, 5.74) is 0.606. The minimum atomic E-state index is -0.0848. The molecule has 0 aliphatic rings. The van der Waals surface area contributed by atoms with Crippen LogP contribution in [0.5, 0.6) is 5.75 Å². The van der Waals surface area contributed by atoms with Gasteiger partial charge in [0.2, 0.25) is 11.7 Å². The highest BCUT2D eigenvalue weighted by Crippen LogP contribution is 2.13. The molecule has 0 radical (unpaired) electrons. The predicted molar refractivity (Wildman–Crippen MR) is 85.3 cm³/mol. The smallest absolute Gasteiger partial charge is 0.251 e. The van der Waals surface area contributed by atoms with Gasteiger partial charge in [0.05, 0.1) is 0 Å². The molecule has 0 aliphatic carbocycles. The Morgan fingerprint density at radius 1 is 1.26 bits per heavy atom. The number of nitrogens with zero attached hydrogens (tertiary/aromatic N) is 2. The van der Waals surface area contributed by atoms with Crippen molar-refractivity contribution in [3.8, 4) is 5.75 Å². The van der Waals surface area contributed by atoms with Gasteiger partial charge in [-0.1, -0.05) is 12.1 Å². The van der Waals surface area contributed by atoms with Crippen LogP contribution in [0.25, 0.3) is 0 Å². The van der Waals surface area contributed by atoms with Crippen LogP contribution >= 0.6 is 0 Å². The summed E-state index contributed by atoms with van der Waals surface area (Å²) in [6, 6.07) is 6.97. The molecular formula is C16H22N4O3. The molecule has 124 valence electrons. The molecule has 7 heteroatoms. The van der Waals surface area contributed by atoms with Crippen molar-refractivity contribution in [2.45, 2.75) is 26.4 Å². The highest BCUT2D eigenvalue weighted by molar-refractivity contribution is 5.94. The molecule has 0 atom stereocenters. The van der Waals surface area contributed by atoms with Gasteiger partial charge in [-0.05, 0) is 44.3 Å². The van der Waals surface area contributed by atoms with Gasteiger partial charge in [-0.2, -0.15) is 4.98 Å². The zero-order valence-electron chi connectivity index (χ0n) is 13.5. The van der Waals surface area contributed by atoms with E-state index in [1.165, 1.54) is 0 Å². The van der Waals surface area contributed by atoms with Crippen molar-refractivity contribution in [2.24, 2.45) is 0 Å². The normalized spacial score (nSPS) is 10.5. The van der Waals surface area contributed by atoms with Crippen LogP contribution in [-0.2, 0) is 13.0 Å². The number of nitrogens with one attached hydrogen (secondary N) is 2. The van der Waals surface area contributed by atoms with Crippen molar-refractivity contribution in [1.29, 1.82) is 0 Å². The molecule has 0 fully saturated rings. The first-order chi connectivity index (χ1) is 11.2. The van der Waals surface area contributed by atoms with Crippen molar-refractivity contribution in [2.75, 3.05) is 20.1 Å². The van der Waals surface area contributed by atoms with E-state index in [0.717, 1.165) is 13.0 Å². The van der Waals surface area contributed by atoms with E-state index in [0.29, 0.717) is 36.0 Å². The molecule has 2 N–H and O–H groups in total. The number of carbonyl (C=O) groups is 1. The summed E-state index contributed by atoms with van der Waals surface area (Å²) in [6.07, 6.45) is 1.60. The zero-order chi connectivity index (χ0) is 16.5. The number of aromatic nitrogens is 2. The van der Waals surface area contributed by atoms with Gasteiger partial charge in [0.1, 0.15) is 5.75 Å². The monoisotopic (exact) mass is 318 g/mol. The van der Waals surface area contributed by atoms with Crippen molar-refractivity contribution < 1.29 is 14.1 Å². The summed E-state index contributed by atoms with van der Waals surface area (Å²) >= 11 is 0. The molecule has 0 spiro atoms. The van der Waals surface area contributed by atoms with Crippen LogP contribution in [-0.4, -0.2) is 36.2 Å². The number of benzene rings is 1. The first-order valence-corrected chi connectivity index (χ1v) is 7.70. The van der Waals surface area contributed by atoms with Crippen molar-refractivity contribution in [3.05, 3.63) is 41.5 Å². The fraction of sp³-hybridized carbons (Fsp3) is 0.438. The van der Waals surface area contributed by atoms with E-state index in [-0.39, 0.29) is 12.5 Å². The van der Waals surface area contributed by atoms with Crippen molar-refractivity contribution in [1.82, 2.24) is 20.8 Å². The molecule has 0 saturated carbocycles. The second kappa shape index (κ2) is 8.89. The minimum absolute atomic E-state index is 0.0848. The maximum atomic E-state index is 11.9. The lowest BCUT2D eigenvalue weighted by Gasteiger charge is -2.07. The van der Waals surface area contributed by atoms with Crippen LogP contribution in [0.4, 0.5) is 0 Å². The van der Waals surface area contributed by atoms with Gasteiger partial charge < -0.3 is 19.9 Å². The van der Waals surface area contributed by atoms with Gasteiger partial charge >= 0.3 is 0 Å². The Hall–Kier alpha value is -2.41. The third-order valence-electron chi connectivity index (χ3n) is 3.19. The number of amides is 1. The predicted octanol–water partition coefficient (Wildman–Crippen LogP) is 1.55. The molecule has 1 aromatic carbocycles. The Balaban J connectivity index is 1.80. The average molecular weight is 318 g/mol. The standard InChI is InChI=1S/C16H22N4O3/c1-3-15-19-14(20-23-15)11-22-13-7-5-12(6-8-13)16(21)18-10-4-9-17-2/h5-8,17H,3-4,9-11H2,1-2H3,(H,18,21). The topological polar surface area (TPSA) is 89.3 Å². The van der Waals surface area contributed by atoms with Crippen LogP contribution in [0.2, 0.25) is 0 Å². The second-order valence-electron chi connectivity index (χ2n) is 4.98. The van der Waals surface area contributed by atoms with Gasteiger partial charge in [-0.25, -0.2) is 0 Å². The molecule has 1 aromatic heterocycles. The van der Waals surface area contributed by atoms with Crippen LogP contribution in [0, 0.1) is 0 Å².